The molecule has 14 heteroatoms. The zero-order valence-electron chi connectivity index (χ0n) is 20.6. The van der Waals surface area contributed by atoms with Gasteiger partial charge < -0.3 is 9.64 Å². The van der Waals surface area contributed by atoms with Crippen molar-refractivity contribution in [1.29, 1.82) is 0 Å². The number of alkyl halides is 9. The van der Waals surface area contributed by atoms with Crippen LogP contribution < -0.4 is 4.90 Å². The number of halogens is 9. The van der Waals surface area contributed by atoms with Gasteiger partial charge in [0.05, 0.1) is 35.0 Å². The molecule has 0 aliphatic carbocycles. The lowest BCUT2D eigenvalue weighted by molar-refractivity contribution is -0.143. The summed E-state index contributed by atoms with van der Waals surface area (Å²) in [5, 5.41) is 0. The summed E-state index contributed by atoms with van der Waals surface area (Å²) in [6.45, 7) is 1.71. The molecule has 3 rings (SSSR count). The average Bonchev–Trinajstić information content (AvgIpc) is 3.00. The Labute approximate surface area is 217 Å². The van der Waals surface area contributed by atoms with Gasteiger partial charge in [-0.2, -0.15) is 39.5 Å². The summed E-state index contributed by atoms with van der Waals surface area (Å²) < 4.78 is 126. The molecule has 0 radical (unpaired) electrons. The van der Waals surface area contributed by atoms with E-state index < -0.39 is 65.4 Å². The minimum absolute atomic E-state index is 0.0127. The Bertz CT molecular complexity index is 1190. The fourth-order valence-corrected chi connectivity index (χ4v) is 4.43. The molecule has 2 amide bonds. The second-order valence-corrected chi connectivity index (χ2v) is 8.84. The van der Waals surface area contributed by atoms with Gasteiger partial charge in [0, 0.05) is 20.0 Å². The molecular formula is C25H23F9N2O3. The third-order valence-corrected chi connectivity index (χ3v) is 6.13. The summed E-state index contributed by atoms with van der Waals surface area (Å²) in [4.78, 5) is 27.2. The van der Waals surface area contributed by atoms with E-state index in [1.165, 1.54) is 6.92 Å². The van der Waals surface area contributed by atoms with Gasteiger partial charge in [-0.15, -0.1) is 0 Å². The van der Waals surface area contributed by atoms with E-state index in [4.69, 9.17) is 4.74 Å². The number of carbonyl (C=O) groups excluding carboxylic acids is 2. The second-order valence-electron chi connectivity index (χ2n) is 8.84. The van der Waals surface area contributed by atoms with Crippen LogP contribution in [0.5, 0.6) is 0 Å². The zero-order chi connectivity index (χ0) is 29.3. The van der Waals surface area contributed by atoms with Crippen LogP contribution in [0, 0.1) is 0 Å². The Hall–Kier alpha value is -3.45. The highest BCUT2D eigenvalue weighted by molar-refractivity contribution is 5.89. The van der Waals surface area contributed by atoms with Crippen molar-refractivity contribution in [2.45, 2.75) is 57.8 Å². The van der Waals surface area contributed by atoms with Crippen molar-refractivity contribution in [3.8, 4) is 0 Å². The molecule has 0 N–H and O–H groups in total. The molecule has 2 aromatic carbocycles. The quantitative estimate of drug-likeness (QED) is 0.356. The van der Waals surface area contributed by atoms with Crippen molar-refractivity contribution >= 4 is 17.7 Å². The molecule has 39 heavy (non-hydrogen) atoms. The first kappa shape index (κ1) is 30.1. The van der Waals surface area contributed by atoms with Crippen molar-refractivity contribution in [3.63, 3.8) is 0 Å². The van der Waals surface area contributed by atoms with E-state index in [1.807, 2.05) is 0 Å². The molecule has 1 heterocycles. The standard InChI is InChI=1S/C25H23F9N2O3/c1-3-39-22(38)35-8-4-5-20(19-12-16(23(26,27)28)6-7-21(19)35)36(14(2)37)13-15-9-17(24(29,30)31)11-18(10-15)25(32,33)34/h6-7,9-12,20H,3-5,8,13H2,1-2H3. The molecule has 1 atom stereocenters. The predicted molar refractivity (Wildman–Crippen MR) is 120 cm³/mol. The number of amides is 2. The minimum Gasteiger partial charge on any atom is -0.449 e. The van der Waals surface area contributed by atoms with Crippen molar-refractivity contribution in [2.24, 2.45) is 0 Å². The number of nitrogens with zero attached hydrogens (tertiary/aromatic N) is 2. The van der Waals surface area contributed by atoms with Gasteiger partial charge in [0.2, 0.25) is 5.91 Å². The lowest BCUT2D eigenvalue weighted by atomic mass is 9.96. The maximum atomic E-state index is 13.6. The maximum Gasteiger partial charge on any atom is 0.416 e. The smallest absolute Gasteiger partial charge is 0.416 e. The van der Waals surface area contributed by atoms with Crippen LogP contribution in [0.3, 0.4) is 0 Å². The minimum atomic E-state index is -5.13. The van der Waals surface area contributed by atoms with Crippen LogP contribution in [0.25, 0.3) is 0 Å². The van der Waals surface area contributed by atoms with Gasteiger partial charge in [0.25, 0.3) is 0 Å². The fourth-order valence-electron chi connectivity index (χ4n) is 4.43. The Balaban J connectivity index is 2.16. The molecule has 214 valence electrons. The number of carbonyl (C=O) groups is 2. The number of fused-ring (bicyclic) bond motifs is 1. The number of hydrogen-bond donors (Lipinski definition) is 0. The summed E-state index contributed by atoms with van der Waals surface area (Å²) in [6.07, 6.45) is -15.8. The van der Waals surface area contributed by atoms with E-state index in [1.54, 1.807) is 0 Å². The fraction of sp³-hybridized carbons (Fsp3) is 0.440. The molecule has 0 fully saturated rings. The molecule has 1 aliphatic rings. The monoisotopic (exact) mass is 570 g/mol. The number of hydrogen-bond acceptors (Lipinski definition) is 3. The number of anilines is 1. The molecule has 0 aromatic heterocycles. The first-order chi connectivity index (χ1) is 17.9. The highest BCUT2D eigenvalue weighted by atomic mass is 19.4. The first-order valence-corrected chi connectivity index (χ1v) is 11.6. The van der Waals surface area contributed by atoms with Crippen LogP contribution in [0.4, 0.5) is 50.0 Å². The van der Waals surface area contributed by atoms with E-state index in [-0.39, 0.29) is 43.3 Å². The molecule has 0 spiro atoms. The normalized spacial score (nSPS) is 16.4. The zero-order valence-corrected chi connectivity index (χ0v) is 20.6. The van der Waals surface area contributed by atoms with Crippen LogP contribution >= 0.6 is 0 Å². The van der Waals surface area contributed by atoms with E-state index in [2.05, 4.69) is 0 Å². The summed E-state index contributed by atoms with van der Waals surface area (Å²) >= 11 is 0. The van der Waals surface area contributed by atoms with Crippen LogP contribution in [-0.4, -0.2) is 30.1 Å². The van der Waals surface area contributed by atoms with Crippen LogP contribution in [0.15, 0.2) is 36.4 Å². The van der Waals surface area contributed by atoms with Gasteiger partial charge in [0.1, 0.15) is 0 Å². The Morgan fingerprint density at radius 1 is 0.897 bits per heavy atom. The molecule has 5 nitrogen and oxygen atoms in total. The molecule has 1 unspecified atom stereocenters. The number of rotatable bonds is 4. The molecule has 0 saturated carbocycles. The SMILES string of the molecule is CCOC(=O)N1CCCC(N(Cc2cc(C(F)(F)F)cc(C(F)(F)F)c2)C(C)=O)c2cc(C(F)(F)F)ccc21. The first-order valence-electron chi connectivity index (χ1n) is 11.6. The van der Waals surface area contributed by atoms with Crippen LogP contribution in [-0.2, 0) is 34.6 Å². The van der Waals surface area contributed by atoms with Gasteiger partial charge in [-0.05, 0) is 67.3 Å². The van der Waals surface area contributed by atoms with E-state index in [9.17, 15) is 49.1 Å². The topological polar surface area (TPSA) is 49.9 Å². The average molecular weight is 570 g/mol. The summed E-state index contributed by atoms with van der Waals surface area (Å²) in [7, 11) is 0. The third kappa shape index (κ3) is 6.95. The Morgan fingerprint density at radius 2 is 1.46 bits per heavy atom. The van der Waals surface area contributed by atoms with Gasteiger partial charge in [-0.25, -0.2) is 4.79 Å². The lowest BCUT2D eigenvalue weighted by Crippen LogP contribution is -2.34. The van der Waals surface area contributed by atoms with E-state index >= 15 is 0 Å². The van der Waals surface area contributed by atoms with Crippen molar-refractivity contribution in [2.75, 3.05) is 18.1 Å². The van der Waals surface area contributed by atoms with Crippen LogP contribution in [0.2, 0.25) is 0 Å². The Kier molecular flexibility index (Phi) is 8.46. The second kappa shape index (κ2) is 11.0. The molecule has 1 aliphatic heterocycles. The third-order valence-electron chi connectivity index (χ3n) is 6.13. The van der Waals surface area contributed by atoms with Gasteiger partial charge in [0.15, 0.2) is 0 Å². The predicted octanol–water partition coefficient (Wildman–Crippen LogP) is 7.59. The van der Waals surface area contributed by atoms with Gasteiger partial charge >= 0.3 is 24.6 Å². The molecule has 0 saturated heterocycles. The van der Waals surface area contributed by atoms with E-state index in [0.717, 1.165) is 34.9 Å². The van der Waals surface area contributed by atoms with Gasteiger partial charge in [-0.3, -0.25) is 9.69 Å². The molecule has 0 bridgehead atoms. The summed E-state index contributed by atoms with van der Waals surface area (Å²) in [5.74, 6) is -0.807. The molecular weight excluding hydrogens is 547 g/mol. The lowest BCUT2D eigenvalue weighted by Gasteiger charge is -2.33. The Morgan fingerprint density at radius 3 is 1.95 bits per heavy atom. The summed E-state index contributed by atoms with van der Waals surface area (Å²) in [5.41, 5.74) is -4.98. The van der Waals surface area contributed by atoms with Gasteiger partial charge in [-0.1, -0.05) is 0 Å². The van der Waals surface area contributed by atoms with Crippen LogP contribution in [0.1, 0.15) is 60.5 Å². The van der Waals surface area contributed by atoms with Crippen molar-refractivity contribution < 1.29 is 53.8 Å². The number of ether oxygens (including phenoxy) is 1. The summed E-state index contributed by atoms with van der Waals surface area (Å²) in [6, 6.07) is 2.13. The number of benzene rings is 2. The van der Waals surface area contributed by atoms with E-state index in [0.29, 0.717) is 12.1 Å². The van der Waals surface area contributed by atoms with Crippen molar-refractivity contribution in [1.82, 2.24) is 4.90 Å². The highest BCUT2D eigenvalue weighted by Gasteiger charge is 2.39. The van der Waals surface area contributed by atoms with Crippen molar-refractivity contribution in [3.05, 3.63) is 64.2 Å². The maximum absolute atomic E-state index is 13.6. The highest BCUT2D eigenvalue weighted by Crippen LogP contribution is 2.42. The largest absolute Gasteiger partial charge is 0.449 e. The molecule has 2 aromatic rings.